The molecule has 16 heavy (non-hydrogen) atoms. The van der Waals surface area contributed by atoms with Gasteiger partial charge in [-0.15, -0.1) is 6.58 Å². The average Bonchev–Trinajstić information content (AvgIpc) is 3.00. The minimum atomic E-state index is -1.40. The van der Waals surface area contributed by atoms with E-state index < -0.39 is 17.4 Å². The summed E-state index contributed by atoms with van der Waals surface area (Å²) in [4.78, 5) is 22.6. The quantitative estimate of drug-likeness (QED) is 0.288. The molecule has 2 N–H and O–H groups in total. The number of rotatable bonds is 7. The molecule has 1 fully saturated rings. The van der Waals surface area contributed by atoms with Crippen LogP contribution in [0.5, 0.6) is 0 Å². The summed E-state index contributed by atoms with van der Waals surface area (Å²) in [7, 11) is 0. The second kappa shape index (κ2) is 5.12. The Labute approximate surface area is 93.7 Å². The van der Waals surface area contributed by atoms with Crippen LogP contribution < -0.4 is 0 Å². The maximum atomic E-state index is 11.6. The first-order valence-electron chi connectivity index (χ1n) is 5.23. The number of carbonyl (C=O) groups is 2. The van der Waals surface area contributed by atoms with E-state index in [1.807, 2.05) is 0 Å². The molecular formula is C11H16O5. The highest BCUT2D eigenvalue weighted by Crippen LogP contribution is 2.54. The minimum absolute atomic E-state index is 0.0386. The van der Waals surface area contributed by atoms with Gasteiger partial charge >= 0.3 is 11.9 Å². The third-order valence-electron chi connectivity index (χ3n) is 2.83. The highest BCUT2D eigenvalue weighted by Gasteiger charge is 2.66. The van der Waals surface area contributed by atoms with E-state index >= 15 is 0 Å². The van der Waals surface area contributed by atoms with E-state index in [1.165, 1.54) is 6.08 Å². The van der Waals surface area contributed by atoms with Crippen molar-refractivity contribution >= 4 is 11.9 Å². The highest BCUT2D eigenvalue weighted by atomic mass is 16.5. The van der Waals surface area contributed by atoms with Crippen LogP contribution in [0, 0.1) is 11.3 Å². The third-order valence-corrected chi connectivity index (χ3v) is 2.83. The predicted octanol–water partition coefficient (Wildman–Crippen LogP) is 0.579. The van der Waals surface area contributed by atoms with Crippen LogP contribution in [0.25, 0.3) is 0 Å². The number of aliphatic carboxylic acids is 1. The zero-order valence-electron chi connectivity index (χ0n) is 9.02. The number of ether oxygens (including phenoxy) is 1. The van der Waals surface area contributed by atoms with Crippen molar-refractivity contribution in [2.75, 3.05) is 13.2 Å². The summed E-state index contributed by atoms with van der Waals surface area (Å²) in [5.41, 5.74) is -1.40. The van der Waals surface area contributed by atoms with Gasteiger partial charge in [0.05, 0.1) is 6.61 Å². The first-order valence-corrected chi connectivity index (χ1v) is 5.23. The molecule has 0 aromatic heterocycles. The number of unbranched alkanes of at least 4 members (excludes halogenated alkanes) is 1. The largest absolute Gasteiger partial charge is 0.480 e. The summed E-state index contributed by atoms with van der Waals surface area (Å²) in [6, 6.07) is 0. The van der Waals surface area contributed by atoms with Crippen LogP contribution >= 0.6 is 0 Å². The van der Waals surface area contributed by atoms with Gasteiger partial charge in [-0.05, 0) is 19.3 Å². The zero-order chi connectivity index (χ0) is 12.2. The van der Waals surface area contributed by atoms with E-state index in [4.69, 9.17) is 14.9 Å². The molecule has 0 heterocycles. The van der Waals surface area contributed by atoms with E-state index in [-0.39, 0.29) is 25.6 Å². The molecule has 0 spiro atoms. The number of allylic oxidation sites excluding steroid dienone is 1. The minimum Gasteiger partial charge on any atom is -0.480 e. The van der Waals surface area contributed by atoms with Crippen molar-refractivity contribution in [3.8, 4) is 0 Å². The van der Waals surface area contributed by atoms with Crippen molar-refractivity contribution in [2.45, 2.75) is 19.3 Å². The van der Waals surface area contributed by atoms with E-state index in [0.717, 1.165) is 0 Å². The van der Waals surface area contributed by atoms with E-state index in [9.17, 15) is 9.59 Å². The summed E-state index contributed by atoms with van der Waals surface area (Å²) < 4.78 is 4.89. The van der Waals surface area contributed by atoms with Gasteiger partial charge in [-0.3, -0.25) is 9.59 Å². The van der Waals surface area contributed by atoms with Crippen LogP contribution in [-0.2, 0) is 14.3 Å². The lowest BCUT2D eigenvalue weighted by Crippen LogP contribution is -2.29. The van der Waals surface area contributed by atoms with Crippen molar-refractivity contribution in [2.24, 2.45) is 11.3 Å². The number of esters is 1. The Morgan fingerprint density at radius 2 is 2.19 bits per heavy atom. The molecule has 0 aliphatic heterocycles. The normalized spacial score (nSPS) is 27.2. The number of hydrogen-bond acceptors (Lipinski definition) is 4. The number of aliphatic hydroxyl groups excluding tert-OH is 1. The Morgan fingerprint density at radius 1 is 1.50 bits per heavy atom. The molecule has 0 saturated heterocycles. The van der Waals surface area contributed by atoms with Gasteiger partial charge in [-0.25, -0.2) is 0 Å². The lowest BCUT2D eigenvalue weighted by molar-refractivity contribution is -0.161. The average molecular weight is 228 g/mol. The summed E-state index contributed by atoms with van der Waals surface area (Å²) >= 11 is 0. The van der Waals surface area contributed by atoms with Gasteiger partial charge in [0.1, 0.15) is 0 Å². The smallest absolute Gasteiger partial charge is 0.324 e. The Morgan fingerprint density at radius 3 is 2.62 bits per heavy atom. The molecule has 0 aromatic rings. The van der Waals surface area contributed by atoms with Crippen LogP contribution in [-0.4, -0.2) is 35.4 Å². The van der Waals surface area contributed by atoms with E-state index in [2.05, 4.69) is 6.58 Å². The van der Waals surface area contributed by atoms with Gasteiger partial charge in [-0.2, -0.15) is 0 Å². The number of aliphatic hydroxyl groups is 1. The van der Waals surface area contributed by atoms with Crippen molar-refractivity contribution in [1.29, 1.82) is 0 Å². The van der Waals surface area contributed by atoms with Gasteiger partial charge < -0.3 is 14.9 Å². The van der Waals surface area contributed by atoms with E-state index in [0.29, 0.717) is 12.8 Å². The summed E-state index contributed by atoms with van der Waals surface area (Å²) in [5, 5.41) is 17.5. The maximum Gasteiger partial charge on any atom is 0.324 e. The molecule has 0 amide bonds. The molecule has 2 unspecified atom stereocenters. The molecule has 0 aromatic carbocycles. The molecule has 5 heteroatoms. The topological polar surface area (TPSA) is 83.8 Å². The Bertz CT molecular complexity index is 299. The number of carboxylic acid groups (broad SMARTS) is 1. The Kier molecular flexibility index (Phi) is 4.06. The summed E-state index contributed by atoms with van der Waals surface area (Å²) in [5.74, 6) is -2.16. The molecule has 1 saturated carbocycles. The first kappa shape index (κ1) is 12.7. The maximum absolute atomic E-state index is 11.6. The number of hydrogen-bond donors (Lipinski definition) is 2. The van der Waals surface area contributed by atoms with Crippen LogP contribution in [0.15, 0.2) is 12.7 Å². The lowest BCUT2D eigenvalue weighted by atomic mass is 10.0. The van der Waals surface area contributed by atoms with Gasteiger partial charge in [0.2, 0.25) is 0 Å². The Balaban J connectivity index is 2.46. The fourth-order valence-electron chi connectivity index (χ4n) is 1.65. The molecule has 1 rings (SSSR count). The monoisotopic (exact) mass is 228 g/mol. The van der Waals surface area contributed by atoms with Gasteiger partial charge in [0, 0.05) is 12.5 Å². The standard InChI is InChI=1S/C11H16O5/c1-2-8-7-11(8,9(13)14)10(15)16-6-4-3-5-12/h2,8,12H,1,3-7H2,(H,13,14). The van der Waals surface area contributed by atoms with Crippen molar-refractivity contribution < 1.29 is 24.5 Å². The second-order valence-electron chi connectivity index (χ2n) is 3.89. The van der Waals surface area contributed by atoms with Crippen LogP contribution in [0.1, 0.15) is 19.3 Å². The fraction of sp³-hybridized carbons (Fsp3) is 0.636. The summed E-state index contributed by atoms with van der Waals surface area (Å²) in [6.07, 6.45) is 2.82. The predicted molar refractivity (Wildman–Crippen MR) is 55.7 cm³/mol. The SMILES string of the molecule is C=CC1CC1(C(=O)O)C(=O)OCCCCO. The summed E-state index contributed by atoms with van der Waals surface area (Å²) in [6.45, 7) is 3.68. The van der Waals surface area contributed by atoms with Crippen molar-refractivity contribution in [3.05, 3.63) is 12.7 Å². The lowest BCUT2D eigenvalue weighted by Gasteiger charge is -2.10. The number of carbonyl (C=O) groups excluding carboxylic acids is 1. The van der Waals surface area contributed by atoms with E-state index in [1.54, 1.807) is 0 Å². The fourth-order valence-corrected chi connectivity index (χ4v) is 1.65. The highest BCUT2D eigenvalue weighted by molar-refractivity contribution is 6.03. The molecule has 0 radical (unpaired) electrons. The molecular weight excluding hydrogens is 212 g/mol. The second-order valence-corrected chi connectivity index (χ2v) is 3.89. The Hall–Kier alpha value is -1.36. The molecule has 1 aliphatic carbocycles. The van der Waals surface area contributed by atoms with Crippen molar-refractivity contribution in [3.63, 3.8) is 0 Å². The van der Waals surface area contributed by atoms with Gasteiger partial charge in [0.15, 0.2) is 5.41 Å². The number of carboxylic acids is 1. The molecule has 5 nitrogen and oxygen atoms in total. The van der Waals surface area contributed by atoms with Crippen LogP contribution in [0.4, 0.5) is 0 Å². The first-order chi connectivity index (χ1) is 7.59. The zero-order valence-corrected chi connectivity index (χ0v) is 9.02. The molecule has 2 atom stereocenters. The molecule has 1 aliphatic rings. The van der Waals surface area contributed by atoms with Gasteiger partial charge in [0.25, 0.3) is 0 Å². The van der Waals surface area contributed by atoms with Crippen LogP contribution in [0.2, 0.25) is 0 Å². The molecule has 0 bridgehead atoms. The van der Waals surface area contributed by atoms with Crippen LogP contribution in [0.3, 0.4) is 0 Å². The van der Waals surface area contributed by atoms with Gasteiger partial charge in [-0.1, -0.05) is 6.08 Å². The molecule has 90 valence electrons. The third kappa shape index (κ3) is 2.24. The van der Waals surface area contributed by atoms with Crippen molar-refractivity contribution in [1.82, 2.24) is 0 Å².